The minimum Gasteiger partial charge on any atom is -0.361 e. The molecule has 0 aliphatic carbocycles. The van der Waals surface area contributed by atoms with Gasteiger partial charge in [-0.3, -0.25) is 4.79 Å². The van der Waals surface area contributed by atoms with Crippen LogP contribution in [0.5, 0.6) is 0 Å². The maximum absolute atomic E-state index is 12.9. The Morgan fingerprint density at radius 3 is 2.81 bits per heavy atom. The summed E-state index contributed by atoms with van der Waals surface area (Å²) in [7, 11) is 0. The average molecular weight is 284 g/mol. The van der Waals surface area contributed by atoms with Crippen molar-refractivity contribution in [1.82, 2.24) is 10.1 Å². The van der Waals surface area contributed by atoms with E-state index in [2.05, 4.69) is 5.16 Å². The van der Waals surface area contributed by atoms with E-state index in [9.17, 15) is 4.79 Å². The minimum absolute atomic E-state index is 0.0369. The highest BCUT2D eigenvalue weighted by Crippen LogP contribution is 2.33. The molecular weight excluding hydrogens is 264 g/mol. The van der Waals surface area contributed by atoms with Crippen LogP contribution in [0.3, 0.4) is 0 Å². The van der Waals surface area contributed by atoms with Gasteiger partial charge in [0.25, 0.3) is 5.91 Å². The Labute approximate surface area is 124 Å². The summed E-state index contributed by atoms with van der Waals surface area (Å²) in [5.74, 6) is 0.885. The smallest absolute Gasteiger partial charge is 0.254 e. The molecule has 0 bridgehead atoms. The summed E-state index contributed by atoms with van der Waals surface area (Å²) in [5.41, 5.74) is 3.79. The van der Waals surface area contributed by atoms with Crippen LogP contribution in [0.15, 0.2) is 28.8 Å². The van der Waals surface area contributed by atoms with Gasteiger partial charge in [-0.1, -0.05) is 22.9 Å². The Bertz CT molecular complexity index is 675. The van der Waals surface area contributed by atoms with Crippen LogP contribution in [0, 0.1) is 20.8 Å². The number of hydrogen-bond acceptors (Lipinski definition) is 3. The molecule has 1 aromatic heterocycles. The molecule has 1 aliphatic rings. The van der Waals surface area contributed by atoms with E-state index in [1.54, 1.807) is 0 Å². The van der Waals surface area contributed by atoms with Gasteiger partial charge in [-0.15, -0.1) is 0 Å². The van der Waals surface area contributed by atoms with Gasteiger partial charge in [0, 0.05) is 18.2 Å². The van der Waals surface area contributed by atoms with Crippen molar-refractivity contribution in [2.45, 2.75) is 39.7 Å². The zero-order chi connectivity index (χ0) is 15.0. The third-order valence-electron chi connectivity index (χ3n) is 4.12. The predicted molar refractivity (Wildman–Crippen MR) is 80.2 cm³/mol. The van der Waals surface area contributed by atoms with Crippen molar-refractivity contribution in [2.75, 3.05) is 6.54 Å². The lowest BCUT2D eigenvalue weighted by atomic mass is 10.0. The number of nitrogens with zero attached hydrogens (tertiary/aromatic N) is 2. The number of aryl methyl sites for hydroxylation is 3. The molecule has 0 radical (unpaired) electrons. The lowest BCUT2D eigenvalue weighted by Gasteiger charge is -2.24. The number of amides is 1. The predicted octanol–water partition coefficient (Wildman–Crippen LogP) is 3.58. The second-order valence-electron chi connectivity index (χ2n) is 5.84. The molecule has 2 aromatic rings. The molecule has 4 heteroatoms. The number of carbonyl (C=O) groups excluding carboxylic acids is 1. The number of hydrogen-bond donors (Lipinski definition) is 0. The van der Waals surface area contributed by atoms with Gasteiger partial charge in [-0.25, -0.2) is 0 Å². The molecule has 1 unspecified atom stereocenters. The molecule has 110 valence electrons. The summed E-state index contributed by atoms with van der Waals surface area (Å²) < 4.78 is 5.17. The largest absolute Gasteiger partial charge is 0.361 e. The molecule has 1 amide bonds. The number of benzene rings is 1. The monoisotopic (exact) mass is 284 g/mol. The Hall–Kier alpha value is -2.10. The molecule has 2 heterocycles. The van der Waals surface area contributed by atoms with Gasteiger partial charge in [0.15, 0.2) is 0 Å². The first-order valence-electron chi connectivity index (χ1n) is 7.37. The van der Waals surface area contributed by atoms with E-state index in [1.807, 2.05) is 49.9 Å². The van der Waals surface area contributed by atoms with Crippen molar-refractivity contribution in [1.29, 1.82) is 0 Å². The quantitative estimate of drug-likeness (QED) is 0.846. The number of rotatable bonds is 2. The summed E-state index contributed by atoms with van der Waals surface area (Å²) in [5, 5.41) is 4.10. The summed E-state index contributed by atoms with van der Waals surface area (Å²) in [6.07, 6.45) is 1.95. The van der Waals surface area contributed by atoms with E-state index in [0.717, 1.165) is 47.5 Å². The van der Waals surface area contributed by atoms with Crippen LogP contribution in [-0.4, -0.2) is 22.5 Å². The SMILES string of the molecule is Cc1ccc(C)c(C(=O)N2CCCC2c2cc(C)on2)c1. The van der Waals surface area contributed by atoms with E-state index in [0.29, 0.717) is 0 Å². The maximum Gasteiger partial charge on any atom is 0.254 e. The molecule has 0 spiro atoms. The molecule has 21 heavy (non-hydrogen) atoms. The van der Waals surface area contributed by atoms with Crippen LogP contribution in [0.2, 0.25) is 0 Å². The summed E-state index contributed by atoms with van der Waals surface area (Å²) in [4.78, 5) is 14.8. The summed E-state index contributed by atoms with van der Waals surface area (Å²) in [6.45, 7) is 6.65. The second kappa shape index (κ2) is 5.35. The highest BCUT2D eigenvalue weighted by Gasteiger charge is 2.33. The van der Waals surface area contributed by atoms with Crippen molar-refractivity contribution >= 4 is 5.91 Å². The molecule has 0 saturated carbocycles. The van der Waals surface area contributed by atoms with E-state index < -0.39 is 0 Å². The zero-order valence-electron chi connectivity index (χ0n) is 12.7. The van der Waals surface area contributed by atoms with Gasteiger partial charge >= 0.3 is 0 Å². The standard InChI is InChI=1S/C17H20N2O2/c1-11-6-7-12(2)14(9-11)17(20)19-8-4-5-16(19)15-10-13(3)21-18-15/h6-7,9-10,16H,4-5,8H2,1-3H3. The maximum atomic E-state index is 12.9. The Kier molecular flexibility index (Phi) is 3.53. The van der Waals surface area contributed by atoms with Gasteiger partial charge in [-0.05, 0) is 45.2 Å². The van der Waals surface area contributed by atoms with Crippen LogP contribution in [-0.2, 0) is 0 Å². The van der Waals surface area contributed by atoms with Crippen molar-refractivity contribution in [3.05, 3.63) is 52.4 Å². The van der Waals surface area contributed by atoms with Gasteiger partial charge in [0.05, 0.1) is 6.04 Å². The molecule has 1 fully saturated rings. The molecule has 1 saturated heterocycles. The lowest BCUT2D eigenvalue weighted by molar-refractivity contribution is 0.0730. The second-order valence-corrected chi connectivity index (χ2v) is 5.84. The van der Waals surface area contributed by atoms with Gasteiger partial charge in [0.2, 0.25) is 0 Å². The Morgan fingerprint density at radius 1 is 1.29 bits per heavy atom. The normalized spacial score (nSPS) is 18.2. The number of aromatic nitrogens is 1. The van der Waals surface area contributed by atoms with Gasteiger partial charge in [0.1, 0.15) is 11.5 Å². The van der Waals surface area contributed by atoms with Gasteiger partial charge in [-0.2, -0.15) is 0 Å². The zero-order valence-corrected chi connectivity index (χ0v) is 12.7. The van der Waals surface area contributed by atoms with E-state index in [4.69, 9.17) is 4.52 Å². The molecular formula is C17H20N2O2. The van der Waals surface area contributed by atoms with E-state index >= 15 is 0 Å². The van der Waals surface area contributed by atoms with Crippen molar-refractivity contribution in [2.24, 2.45) is 0 Å². The van der Waals surface area contributed by atoms with Crippen LogP contribution < -0.4 is 0 Å². The fraction of sp³-hybridized carbons (Fsp3) is 0.412. The molecule has 1 aliphatic heterocycles. The number of likely N-dealkylation sites (tertiary alicyclic amines) is 1. The third-order valence-corrected chi connectivity index (χ3v) is 4.12. The molecule has 1 aromatic carbocycles. The third kappa shape index (κ3) is 2.58. The molecule has 1 atom stereocenters. The van der Waals surface area contributed by atoms with E-state index in [1.165, 1.54) is 0 Å². The highest BCUT2D eigenvalue weighted by atomic mass is 16.5. The first-order valence-corrected chi connectivity index (χ1v) is 7.37. The van der Waals surface area contributed by atoms with Crippen LogP contribution in [0.1, 0.15) is 51.8 Å². The molecule has 3 rings (SSSR count). The first kappa shape index (κ1) is 13.9. The van der Waals surface area contributed by atoms with Gasteiger partial charge < -0.3 is 9.42 Å². The van der Waals surface area contributed by atoms with Crippen LogP contribution in [0.4, 0.5) is 0 Å². The molecule has 0 N–H and O–H groups in total. The minimum atomic E-state index is 0.0369. The summed E-state index contributed by atoms with van der Waals surface area (Å²) >= 11 is 0. The van der Waals surface area contributed by atoms with Crippen molar-refractivity contribution in [3.63, 3.8) is 0 Å². The Morgan fingerprint density at radius 2 is 2.10 bits per heavy atom. The summed E-state index contributed by atoms with van der Waals surface area (Å²) in [6, 6.07) is 7.98. The van der Waals surface area contributed by atoms with Crippen molar-refractivity contribution in [3.8, 4) is 0 Å². The lowest BCUT2D eigenvalue weighted by Crippen LogP contribution is -2.31. The number of carbonyl (C=O) groups is 1. The average Bonchev–Trinajstić information content (AvgIpc) is 3.09. The van der Waals surface area contributed by atoms with Crippen molar-refractivity contribution < 1.29 is 9.32 Å². The molecule has 4 nitrogen and oxygen atoms in total. The fourth-order valence-corrected chi connectivity index (χ4v) is 2.98. The highest BCUT2D eigenvalue weighted by molar-refractivity contribution is 5.96. The van der Waals surface area contributed by atoms with Crippen LogP contribution >= 0.6 is 0 Å². The fourth-order valence-electron chi connectivity index (χ4n) is 2.98. The topological polar surface area (TPSA) is 46.3 Å². The first-order chi connectivity index (χ1) is 10.1. The van der Waals surface area contributed by atoms with Crippen LogP contribution in [0.25, 0.3) is 0 Å². The Balaban J connectivity index is 1.91. The van der Waals surface area contributed by atoms with E-state index in [-0.39, 0.29) is 11.9 Å².